The topological polar surface area (TPSA) is 50.4 Å². The van der Waals surface area contributed by atoms with Crippen LogP contribution in [0, 0.1) is 0 Å². The van der Waals surface area contributed by atoms with Crippen LogP contribution >= 0.6 is 0 Å². The molecule has 0 saturated heterocycles. The van der Waals surface area contributed by atoms with Gasteiger partial charge in [0.25, 0.3) is 0 Å². The molecule has 4 nitrogen and oxygen atoms in total. The first-order valence-electron chi connectivity index (χ1n) is 8.73. The van der Waals surface area contributed by atoms with Crippen molar-refractivity contribution in [2.45, 2.75) is 39.5 Å². The predicted octanol–water partition coefficient (Wildman–Crippen LogP) is 4.99. The van der Waals surface area contributed by atoms with Crippen LogP contribution in [0.25, 0.3) is 0 Å². The van der Waals surface area contributed by atoms with Crippen LogP contribution in [-0.4, -0.2) is 19.6 Å². The highest BCUT2D eigenvalue weighted by Crippen LogP contribution is 2.32. The van der Waals surface area contributed by atoms with Gasteiger partial charge in [-0.25, -0.2) is 0 Å². The Bertz CT molecular complexity index is 680. The molecule has 0 saturated carbocycles. The van der Waals surface area contributed by atoms with Crippen LogP contribution in [0.15, 0.2) is 42.5 Å². The van der Waals surface area contributed by atoms with Crippen molar-refractivity contribution in [3.05, 3.63) is 53.6 Å². The lowest BCUT2D eigenvalue weighted by Crippen LogP contribution is -2.23. The number of carbonyl (C=O) groups excluding carboxylic acids is 1. The molecule has 0 aliphatic rings. The number of anilines is 2. The van der Waals surface area contributed by atoms with Crippen molar-refractivity contribution in [1.29, 1.82) is 0 Å². The summed E-state index contributed by atoms with van der Waals surface area (Å²) in [5.74, 6) is 1.48. The van der Waals surface area contributed by atoms with Crippen molar-refractivity contribution < 1.29 is 9.53 Å². The molecular formula is C21H28N2O2. The predicted molar refractivity (Wildman–Crippen MR) is 105 cm³/mol. The monoisotopic (exact) mass is 340 g/mol. The quantitative estimate of drug-likeness (QED) is 0.746. The van der Waals surface area contributed by atoms with E-state index >= 15 is 0 Å². The van der Waals surface area contributed by atoms with E-state index in [0.717, 1.165) is 17.1 Å². The zero-order valence-electron chi connectivity index (χ0n) is 15.7. The van der Waals surface area contributed by atoms with Gasteiger partial charge in [-0.3, -0.25) is 4.79 Å². The van der Waals surface area contributed by atoms with E-state index in [1.807, 2.05) is 24.3 Å². The number of methoxy groups -OCH3 is 1. The van der Waals surface area contributed by atoms with Gasteiger partial charge in [-0.05, 0) is 47.2 Å². The van der Waals surface area contributed by atoms with Crippen LogP contribution < -0.4 is 15.4 Å². The van der Waals surface area contributed by atoms with Crippen molar-refractivity contribution in [3.63, 3.8) is 0 Å². The molecule has 2 N–H and O–H groups in total. The van der Waals surface area contributed by atoms with Gasteiger partial charge < -0.3 is 15.4 Å². The lowest BCUT2D eigenvalue weighted by atomic mass is 9.92. The van der Waals surface area contributed by atoms with Gasteiger partial charge in [0.1, 0.15) is 5.75 Å². The number of para-hydroxylation sites is 1. The lowest BCUT2D eigenvalue weighted by molar-refractivity contribution is -0.114. The molecule has 0 aliphatic carbocycles. The fourth-order valence-electron chi connectivity index (χ4n) is 2.80. The first-order chi connectivity index (χ1) is 11.9. The summed E-state index contributed by atoms with van der Waals surface area (Å²) < 4.78 is 5.13. The van der Waals surface area contributed by atoms with E-state index in [1.54, 1.807) is 7.11 Å². The Kier molecular flexibility index (Phi) is 6.45. The molecule has 2 aromatic rings. The fraction of sp³-hybridized carbons (Fsp3) is 0.381. The summed E-state index contributed by atoms with van der Waals surface area (Å²) in [5, 5.41) is 6.25. The molecule has 0 unspecified atom stereocenters. The van der Waals surface area contributed by atoms with Gasteiger partial charge in [0, 0.05) is 11.4 Å². The minimum absolute atomic E-state index is 0.0709. The highest BCUT2D eigenvalue weighted by molar-refractivity contribution is 5.94. The van der Waals surface area contributed by atoms with Crippen molar-refractivity contribution >= 4 is 17.3 Å². The zero-order valence-corrected chi connectivity index (χ0v) is 15.7. The Labute approximate surface area is 150 Å². The van der Waals surface area contributed by atoms with Crippen LogP contribution in [0.5, 0.6) is 5.75 Å². The molecule has 4 heteroatoms. The van der Waals surface area contributed by atoms with Crippen LogP contribution in [0.1, 0.15) is 50.7 Å². The summed E-state index contributed by atoms with van der Waals surface area (Å²) in [6.07, 6.45) is 0. The van der Waals surface area contributed by atoms with Crippen molar-refractivity contribution in [1.82, 2.24) is 0 Å². The summed E-state index contributed by atoms with van der Waals surface area (Å²) in [4.78, 5) is 12.3. The molecule has 0 aliphatic heterocycles. The maximum Gasteiger partial charge on any atom is 0.243 e. The number of hydrogen-bond donors (Lipinski definition) is 2. The van der Waals surface area contributed by atoms with Gasteiger partial charge in [-0.2, -0.15) is 0 Å². The van der Waals surface area contributed by atoms with Crippen molar-refractivity contribution in [2.75, 3.05) is 24.3 Å². The summed E-state index contributed by atoms with van der Waals surface area (Å²) in [6, 6.07) is 13.7. The van der Waals surface area contributed by atoms with E-state index in [9.17, 15) is 4.79 Å². The highest BCUT2D eigenvalue weighted by atomic mass is 16.5. The number of carbonyl (C=O) groups is 1. The largest absolute Gasteiger partial charge is 0.497 e. The Morgan fingerprint density at radius 2 is 1.52 bits per heavy atom. The minimum atomic E-state index is -0.0709. The average molecular weight is 340 g/mol. The maximum atomic E-state index is 12.3. The van der Waals surface area contributed by atoms with Crippen LogP contribution in [0.3, 0.4) is 0 Å². The molecule has 0 radical (unpaired) electrons. The Balaban J connectivity index is 2.08. The third-order valence-electron chi connectivity index (χ3n) is 4.17. The SMILES string of the molecule is COc1ccc(NC(=O)CNc2c(C(C)C)cccc2C(C)C)cc1. The van der Waals surface area contributed by atoms with Crippen LogP contribution in [0.2, 0.25) is 0 Å². The van der Waals surface area contributed by atoms with Crippen LogP contribution in [0.4, 0.5) is 11.4 Å². The van der Waals surface area contributed by atoms with Crippen molar-refractivity contribution in [3.8, 4) is 5.75 Å². The molecule has 134 valence electrons. The molecule has 0 heterocycles. The number of hydrogen-bond acceptors (Lipinski definition) is 3. The van der Waals surface area contributed by atoms with E-state index in [4.69, 9.17) is 4.74 Å². The first-order valence-corrected chi connectivity index (χ1v) is 8.73. The highest BCUT2D eigenvalue weighted by Gasteiger charge is 2.14. The second-order valence-electron chi connectivity index (χ2n) is 6.75. The van der Waals surface area contributed by atoms with Crippen molar-refractivity contribution in [2.24, 2.45) is 0 Å². The fourth-order valence-corrected chi connectivity index (χ4v) is 2.80. The van der Waals surface area contributed by atoms with Gasteiger partial charge in [-0.15, -0.1) is 0 Å². The summed E-state index contributed by atoms with van der Waals surface area (Å²) in [5.41, 5.74) is 4.32. The average Bonchev–Trinajstić information content (AvgIpc) is 2.60. The van der Waals surface area contributed by atoms with E-state index in [2.05, 4.69) is 56.5 Å². The molecule has 0 fully saturated rings. The van der Waals surface area contributed by atoms with Gasteiger partial charge in [-0.1, -0.05) is 45.9 Å². The summed E-state index contributed by atoms with van der Waals surface area (Å²) in [6.45, 7) is 8.91. The standard InChI is InChI=1S/C21H28N2O2/c1-14(2)18-7-6-8-19(15(3)4)21(18)22-13-20(24)23-16-9-11-17(25-5)12-10-16/h6-12,14-15,22H,13H2,1-5H3,(H,23,24). The first kappa shape index (κ1) is 18.8. The Morgan fingerprint density at radius 3 is 2.00 bits per heavy atom. The third-order valence-corrected chi connectivity index (χ3v) is 4.17. The maximum absolute atomic E-state index is 12.3. The summed E-state index contributed by atoms with van der Waals surface area (Å²) >= 11 is 0. The molecule has 25 heavy (non-hydrogen) atoms. The van der Waals surface area contributed by atoms with E-state index in [-0.39, 0.29) is 12.5 Å². The van der Waals surface area contributed by atoms with Gasteiger partial charge in [0.2, 0.25) is 5.91 Å². The normalized spacial score (nSPS) is 10.8. The lowest BCUT2D eigenvalue weighted by Gasteiger charge is -2.20. The van der Waals surface area contributed by atoms with E-state index in [0.29, 0.717) is 11.8 Å². The Morgan fingerprint density at radius 1 is 0.960 bits per heavy atom. The second-order valence-corrected chi connectivity index (χ2v) is 6.75. The molecule has 0 bridgehead atoms. The number of amides is 1. The number of rotatable bonds is 7. The van der Waals surface area contributed by atoms with Gasteiger partial charge in [0.15, 0.2) is 0 Å². The third kappa shape index (κ3) is 4.99. The van der Waals surface area contributed by atoms with E-state index < -0.39 is 0 Å². The smallest absolute Gasteiger partial charge is 0.243 e. The molecule has 2 aromatic carbocycles. The molecular weight excluding hydrogens is 312 g/mol. The Hall–Kier alpha value is -2.49. The van der Waals surface area contributed by atoms with Crippen LogP contribution in [-0.2, 0) is 4.79 Å². The molecule has 0 atom stereocenters. The summed E-state index contributed by atoms with van der Waals surface area (Å²) in [7, 11) is 1.62. The van der Waals surface area contributed by atoms with Gasteiger partial charge in [0.05, 0.1) is 13.7 Å². The van der Waals surface area contributed by atoms with E-state index in [1.165, 1.54) is 11.1 Å². The number of ether oxygens (including phenoxy) is 1. The zero-order chi connectivity index (χ0) is 18.4. The van der Waals surface area contributed by atoms with Gasteiger partial charge >= 0.3 is 0 Å². The molecule has 1 amide bonds. The number of nitrogens with one attached hydrogen (secondary N) is 2. The second kappa shape index (κ2) is 8.56. The molecule has 2 rings (SSSR count). The minimum Gasteiger partial charge on any atom is -0.497 e. The number of benzene rings is 2. The molecule has 0 aromatic heterocycles. The molecule has 0 spiro atoms.